The first-order valence-electron chi connectivity index (χ1n) is 6.32. The molecular weight excluding hydrogens is 214 g/mol. The maximum atomic E-state index is 11.7. The van der Waals surface area contributed by atoms with E-state index in [2.05, 4.69) is 5.32 Å². The number of hydrogen-bond donors (Lipinski definition) is 2. The first-order valence-corrected chi connectivity index (χ1v) is 6.32. The smallest absolute Gasteiger partial charge is 0.220 e. The summed E-state index contributed by atoms with van der Waals surface area (Å²) in [4.78, 5) is 11.7. The van der Waals surface area contributed by atoms with Crippen LogP contribution in [0.1, 0.15) is 37.7 Å². The normalized spacial score (nSPS) is 16.0. The van der Waals surface area contributed by atoms with Gasteiger partial charge in [-0.05, 0) is 30.9 Å². The van der Waals surface area contributed by atoms with Gasteiger partial charge in [-0.1, -0.05) is 31.0 Å². The van der Waals surface area contributed by atoms with Crippen LogP contribution >= 0.6 is 0 Å². The van der Waals surface area contributed by atoms with E-state index < -0.39 is 0 Å². The van der Waals surface area contributed by atoms with Gasteiger partial charge in [-0.25, -0.2) is 0 Å². The van der Waals surface area contributed by atoms with Crippen LogP contribution in [0.4, 0.5) is 0 Å². The fourth-order valence-corrected chi connectivity index (χ4v) is 2.34. The predicted molar refractivity (Wildman–Crippen MR) is 66.8 cm³/mol. The van der Waals surface area contributed by atoms with Crippen molar-refractivity contribution in [3.05, 3.63) is 29.8 Å². The molecule has 1 fully saturated rings. The number of rotatable bonds is 4. The highest BCUT2D eigenvalue weighted by atomic mass is 16.3. The maximum Gasteiger partial charge on any atom is 0.220 e. The highest BCUT2D eigenvalue weighted by molar-refractivity contribution is 5.76. The number of hydrogen-bond acceptors (Lipinski definition) is 2. The van der Waals surface area contributed by atoms with Crippen LogP contribution in [-0.2, 0) is 11.2 Å². The number of aryl methyl sites for hydroxylation is 1. The lowest BCUT2D eigenvalue weighted by Gasteiger charge is -2.11. The summed E-state index contributed by atoms with van der Waals surface area (Å²) in [5.41, 5.74) is 0.842. The van der Waals surface area contributed by atoms with Crippen molar-refractivity contribution in [3.63, 3.8) is 0 Å². The van der Waals surface area contributed by atoms with Crippen LogP contribution in [0.25, 0.3) is 0 Å². The molecule has 0 saturated heterocycles. The number of carbonyl (C=O) groups excluding carboxylic acids is 1. The van der Waals surface area contributed by atoms with Crippen LogP contribution in [0.15, 0.2) is 24.3 Å². The number of carbonyl (C=O) groups is 1. The minimum atomic E-state index is 0.0974. The molecule has 3 heteroatoms. The van der Waals surface area contributed by atoms with E-state index in [4.69, 9.17) is 0 Å². The van der Waals surface area contributed by atoms with Crippen molar-refractivity contribution in [2.24, 2.45) is 0 Å². The molecule has 2 rings (SSSR count). The van der Waals surface area contributed by atoms with E-state index in [1.54, 1.807) is 12.1 Å². The van der Waals surface area contributed by atoms with Gasteiger partial charge >= 0.3 is 0 Å². The Bertz CT molecular complexity index is 384. The van der Waals surface area contributed by atoms with Crippen molar-refractivity contribution in [2.45, 2.75) is 44.6 Å². The third-order valence-corrected chi connectivity index (χ3v) is 3.33. The quantitative estimate of drug-likeness (QED) is 0.839. The molecule has 1 aliphatic rings. The lowest BCUT2D eigenvalue weighted by Crippen LogP contribution is -2.32. The molecule has 0 radical (unpaired) electrons. The highest BCUT2D eigenvalue weighted by Gasteiger charge is 2.16. The fraction of sp³-hybridized carbons (Fsp3) is 0.500. The Morgan fingerprint density at radius 3 is 2.71 bits per heavy atom. The summed E-state index contributed by atoms with van der Waals surface area (Å²) in [5, 5.41) is 12.6. The van der Waals surface area contributed by atoms with E-state index in [0.717, 1.165) is 18.4 Å². The van der Waals surface area contributed by atoms with E-state index in [1.807, 2.05) is 12.1 Å². The van der Waals surface area contributed by atoms with Gasteiger partial charge in [0, 0.05) is 12.5 Å². The average molecular weight is 233 g/mol. The number of phenolic OH excluding ortho intramolecular Hbond substituents is 1. The second kappa shape index (κ2) is 5.71. The van der Waals surface area contributed by atoms with Crippen molar-refractivity contribution in [3.8, 4) is 5.75 Å². The van der Waals surface area contributed by atoms with E-state index in [0.29, 0.717) is 18.9 Å². The molecule has 0 spiro atoms. The fourth-order valence-electron chi connectivity index (χ4n) is 2.34. The van der Waals surface area contributed by atoms with E-state index in [1.165, 1.54) is 12.8 Å². The summed E-state index contributed by atoms with van der Waals surface area (Å²) >= 11 is 0. The summed E-state index contributed by atoms with van der Waals surface area (Å²) in [6, 6.07) is 7.57. The van der Waals surface area contributed by atoms with Crippen LogP contribution in [0, 0.1) is 0 Å². The zero-order chi connectivity index (χ0) is 12.1. The van der Waals surface area contributed by atoms with Crippen molar-refractivity contribution < 1.29 is 9.90 Å². The Morgan fingerprint density at radius 2 is 2.00 bits per heavy atom. The number of nitrogens with one attached hydrogen (secondary N) is 1. The van der Waals surface area contributed by atoms with Crippen molar-refractivity contribution >= 4 is 5.91 Å². The second-order valence-corrected chi connectivity index (χ2v) is 4.68. The first kappa shape index (κ1) is 12.0. The molecule has 0 unspecified atom stereocenters. The summed E-state index contributed by atoms with van der Waals surface area (Å²) < 4.78 is 0. The van der Waals surface area contributed by atoms with Crippen molar-refractivity contribution in [2.75, 3.05) is 0 Å². The lowest BCUT2D eigenvalue weighted by molar-refractivity contribution is -0.121. The van der Waals surface area contributed by atoms with E-state index in [9.17, 15) is 9.90 Å². The van der Waals surface area contributed by atoms with Gasteiger partial charge in [0.25, 0.3) is 0 Å². The Morgan fingerprint density at radius 1 is 1.29 bits per heavy atom. The Kier molecular flexibility index (Phi) is 4.02. The Labute approximate surface area is 102 Å². The van der Waals surface area contributed by atoms with Gasteiger partial charge in [-0.15, -0.1) is 0 Å². The predicted octanol–water partition coefficient (Wildman–Crippen LogP) is 2.38. The van der Waals surface area contributed by atoms with Gasteiger partial charge < -0.3 is 10.4 Å². The Balaban J connectivity index is 1.77. The molecule has 92 valence electrons. The molecule has 1 amide bonds. The van der Waals surface area contributed by atoms with Crippen LogP contribution in [0.3, 0.4) is 0 Å². The molecule has 1 aromatic carbocycles. The van der Waals surface area contributed by atoms with Gasteiger partial charge in [-0.3, -0.25) is 4.79 Å². The minimum absolute atomic E-state index is 0.0974. The number of para-hydroxylation sites is 1. The lowest BCUT2D eigenvalue weighted by atomic mass is 10.1. The SMILES string of the molecule is O=C(CCc1ccccc1O)NC1CCCC1. The molecule has 2 N–H and O–H groups in total. The van der Waals surface area contributed by atoms with Gasteiger partial charge in [0.15, 0.2) is 0 Å². The van der Waals surface area contributed by atoms with E-state index in [-0.39, 0.29) is 11.7 Å². The standard InChI is InChI=1S/C14H19NO2/c16-13-8-4-1-5-11(13)9-10-14(17)15-12-6-2-3-7-12/h1,4-5,8,12,16H,2-3,6-7,9-10H2,(H,15,17). The van der Waals surface area contributed by atoms with Gasteiger partial charge in [0.1, 0.15) is 5.75 Å². The van der Waals surface area contributed by atoms with Crippen LogP contribution in [-0.4, -0.2) is 17.1 Å². The number of amides is 1. The molecule has 3 nitrogen and oxygen atoms in total. The summed E-state index contributed by atoms with van der Waals surface area (Å²) in [5.74, 6) is 0.376. The molecule has 1 aliphatic carbocycles. The maximum absolute atomic E-state index is 11.7. The minimum Gasteiger partial charge on any atom is -0.508 e. The van der Waals surface area contributed by atoms with Crippen LogP contribution < -0.4 is 5.32 Å². The second-order valence-electron chi connectivity index (χ2n) is 4.68. The molecule has 0 atom stereocenters. The zero-order valence-corrected chi connectivity index (χ0v) is 9.98. The first-order chi connectivity index (χ1) is 8.25. The Hall–Kier alpha value is -1.51. The molecule has 0 heterocycles. The summed E-state index contributed by atoms with van der Waals surface area (Å²) in [7, 11) is 0. The number of aromatic hydroxyl groups is 1. The largest absolute Gasteiger partial charge is 0.508 e. The monoisotopic (exact) mass is 233 g/mol. The average Bonchev–Trinajstić information content (AvgIpc) is 2.81. The molecule has 0 aromatic heterocycles. The third kappa shape index (κ3) is 3.48. The van der Waals surface area contributed by atoms with Gasteiger partial charge in [0.05, 0.1) is 0 Å². The summed E-state index contributed by atoms with van der Waals surface area (Å²) in [6.45, 7) is 0. The van der Waals surface area contributed by atoms with E-state index >= 15 is 0 Å². The third-order valence-electron chi connectivity index (χ3n) is 3.33. The van der Waals surface area contributed by atoms with Crippen LogP contribution in [0.5, 0.6) is 5.75 Å². The molecule has 17 heavy (non-hydrogen) atoms. The topological polar surface area (TPSA) is 49.3 Å². The molecular formula is C14H19NO2. The van der Waals surface area contributed by atoms with Gasteiger partial charge in [-0.2, -0.15) is 0 Å². The zero-order valence-electron chi connectivity index (χ0n) is 9.98. The van der Waals surface area contributed by atoms with Crippen molar-refractivity contribution in [1.29, 1.82) is 0 Å². The number of benzene rings is 1. The molecule has 0 bridgehead atoms. The highest BCUT2D eigenvalue weighted by Crippen LogP contribution is 2.19. The molecule has 1 aromatic rings. The molecule has 0 aliphatic heterocycles. The van der Waals surface area contributed by atoms with Crippen molar-refractivity contribution in [1.82, 2.24) is 5.32 Å². The van der Waals surface area contributed by atoms with Crippen LogP contribution in [0.2, 0.25) is 0 Å². The molecule has 1 saturated carbocycles. The summed E-state index contributed by atoms with van der Waals surface area (Å²) in [6.07, 6.45) is 5.73. The van der Waals surface area contributed by atoms with Gasteiger partial charge in [0.2, 0.25) is 5.91 Å². The number of phenols is 1.